The number of carbonyl (C=O) groups is 2. The van der Waals surface area contributed by atoms with Crippen molar-refractivity contribution >= 4 is 17.7 Å². The van der Waals surface area contributed by atoms with E-state index in [1.807, 2.05) is 0 Å². The van der Waals surface area contributed by atoms with Crippen LogP contribution in [0.15, 0.2) is 18.3 Å². The quantitative estimate of drug-likeness (QED) is 0.761. The molecule has 0 atom stereocenters. The van der Waals surface area contributed by atoms with Gasteiger partial charge in [-0.25, -0.2) is 4.98 Å². The van der Waals surface area contributed by atoms with Crippen LogP contribution < -0.4 is 10.1 Å². The fourth-order valence-corrected chi connectivity index (χ4v) is 0.927. The molecular formula is C10H12N2O3. The van der Waals surface area contributed by atoms with Gasteiger partial charge < -0.3 is 10.1 Å². The minimum Gasteiger partial charge on any atom is -0.426 e. The summed E-state index contributed by atoms with van der Waals surface area (Å²) in [6.45, 7) is 3.09. The Kier molecular flexibility index (Phi) is 3.79. The smallest absolute Gasteiger partial charge is 0.310 e. The number of esters is 1. The second-order valence-corrected chi connectivity index (χ2v) is 2.89. The van der Waals surface area contributed by atoms with E-state index in [1.165, 1.54) is 19.2 Å². The Morgan fingerprint density at radius 1 is 1.53 bits per heavy atom. The molecule has 15 heavy (non-hydrogen) atoms. The van der Waals surface area contributed by atoms with Crippen molar-refractivity contribution in [2.75, 3.05) is 5.32 Å². The Bertz CT molecular complexity index is 377. The Balaban J connectivity index is 2.74. The van der Waals surface area contributed by atoms with Crippen LogP contribution in [0.2, 0.25) is 0 Å². The van der Waals surface area contributed by atoms with Gasteiger partial charge in [0.1, 0.15) is 11.6 Å². The molecule has 1 aromatic rings. The highest BCUT2D eigenvalue weighted by Gasteiger charge is 2.03. The molecule has 1 aromatic heterocycles. The zero-order valence-corrected chi connectivity index (χ0v) is 8.61. The predicted octanol–water partition coefficient (Wildman–Crippen LogP) is 1.36. The van der Waals surface area contributed by atoms with Crippen molar-refractivity contribution in [2.24, 2.45) is 0 Å². The van der Waals surface area contributed by atoms with Crippen molar-refractivity contribution in [1.29, 1.82) is 0 Å². The van der Waals surface area contributed by atoms with E-state index >= 15 is 0 Å². The number of carbonyl (C=O) groups excluding carboxylic acids is 2. The number of aromatic nitrogens is 1. The lowest BCUT2D eigenvalue weighted by atomic mass is 10.4. The van der Waals surface area contributed by atoms with E-state index in [4.69, 9.17) is 4.74 Å². The number of ether oxygens (including phenoxy) is 1. The van der Waals surface area contributed by atoms with Crippen molar-refractivity contribution in [3.05, 3.63) is 18.3 Å². The van der Waals surface area contributed by atoms with E-state index in [-0.39, 0.29) is 11.9 Å². The average Bonchev–Trinajstić information content (AvgIpc) is 2.17. The van der Waals surface area contributed by atoms with Crippen molar-refractivity contribution < 1.29 is 14.3 Å². The third-order valence-corrected chi connectivity index (χ3v) is 1.56. The van der Waals surface area contributed by atoms with Gasteiger partial charge in [0.05, 0.1) is 0 Å². The van der Waals surface area contributed by atoms with E-state index in [9.17, 15) is 9.59 Å². The number of pyridine rings is 1. The van der Waals surface area contributed by atoms with E-state index in [0.29, 0.717) is 18.0 Å². The van der Waals surface area contributed by atoms with Crippen molar-refractivity contribution in [1.82, 2.24) is 4.98 Å². The van der Waals surface area contributed by atoms with Crippen LogP contribution in [0.25, 0.3) is 0 Å². The summed E-state index contributed by atoms with van der Waals surface area (Å²) in [6.07, 6.45) is 1.77. The molecule has 0 saturated heterocycles. The Labute approximate surface area is 87.5 Å². The molecule has 0 radical (unpaired) electrons. The van der Waals surface area contributed by atoms with Gasteiger partial charge in [-0.2, -0.15) is 0 Å². The van der Waals surface area contributed by atoms with Crippen LogP contribution >= 0.6 is 0 Å². The van der Waals surface area contributed by atoms with Crippen LogP contribution in [0.5, 0.6) is 5.75 Å². The maximum atomic E-state index is 11.0. The first-order valence-corrected chi connectivity index (χ1v) is 4.56. The van der Waals surface area contributed by atoms with Crippen LogP contribution in [0.4, 0.5) is 5.82 Å². The highest BCUT2D eigenvalue weighted by Crippen LogP contribution is 2.14. The minimum absolute atomic E-state index is 0.221. The summed E-state index contributed by atoms with van der Waals surface area (Å²) in [7, 11) is 0. The summed E-state index contributed by atoms with van der Waals surface area (Å²) in [5.74, 6) is 0.195. The predicted molar refractivity (Wildman–Crippen MR) is 54.5 cm³/mol. The fraction of sp³-hybridized carbons (Fsp3) is 0.300. The zero-order chi connectivity index (χ0) is 11.3. The molecule has 0 aliphatic carbocycles. The molecule has 0 aliphatic heterocycles. The van der Waals surface area contributed by atoms with E-state index in [1.54, 1.807) is 13.0 Å². The summed E-state index contributed by atoms with van der Waals surface area (Å²) in [6, 6.07) is 3.05. The van der Waals surface area contributed by atoms with Gasteiger partial charge >= 0.3 is 5.97 Å². The zero-order valence-electron chi connectivity index (χ0n) is 8.61. The second kappa shape index (κ2) is 5.09. The van der Waals surface area contributed by atoms with Crippen LogP contribution in [-0.2, 0) is 9.59 Å². The van der Waals surface area contributed by atoms with Gasteiger partial charge in [0.25, 0.3) is 0 Å². The Morgan fingerprint density at radius 2 is 2.27 bits per heavy atom. The molecule has 1 rings (SSSR count). The molecule has 0 spiro atoms. The molecule has 1 heterocycles. The van der Waals surface area contributed by atoms with Crippen LogP contribution in [0.1, 0.15) is 20.3 Å². The second-order valence-electron chi connectivity index (χ2n) is 2.89. The van der Waals surface area contributed by atoms with E-state index in [2.05, 4.69) is 10.3 Å². The molecule has 5 nitrogen and oxygen atoms in total. The fourth-order valence-electron chi connectivity index (χ4n) is 0.927. The molecule has 0 aromatic carbocycles. The van der Waals surface area contributed by atoms with Crippen LogP contribution in [0.3, 0.4) is 0 Å². The van der Waals surface area contributed by atoms with Crippen LogP contribution in [0, 0.1) is 0 Å². The maximum Gasteiger partial charge on any atom is 0.310 e. The van der Waals surface area contributed by atoms with Gasteiger partial charge in [0.15, 0.2) is 0 Å². The molecule has 0 saturated carbocycles. The lowest BCUT2D eigenvalue weighted by molar-refractivity contribution is -0.134. The molecule has 1 amide bonds. The van der Waals surface area contributed by atoms with Crippen molar-refractivity contribution in [2.45, 2.75) is 20.3 Å². The van der Waals surface area contributed by atoms with E-state index in [0.717, 1.165) is 0 Å². The monoisotopic (exact) mass is 208 g/mol. The summed E-state index contributed by atoms with van der Waals surface area (Å²) < 4.78 is 4.96. The largest absolute Gasteiger partial charge is 0.426 e. The number of hydrogen-bond donors (Lipinski definition) is 1. The van der Waals surface area contributed by atoms with Crippen molar-refractivity contribution in [3.63, 3.8) is 0 Å². The first kappa shape index (κ1) is 11.2. The van der Waals surface area contributed by atoms with Gasteiger partial charge in [-0.1, -0.05) is 6.92 Å². The third-order valence-electron chi connectivity index (χ3n) is 1.56. The van der Waals surface area contributed by atoms with Gasteiger partial charge in [-0.05, 0) is 6.07 Å². The summed E-state index contributed by atoms with van der Waals surface area (Å²) in [5.41, 5.74) is 0. The first-order valence-electron chi connectivity index (χ1n) is 4.56. The highest BCUT2D eigenvalue weighted by molar-refractivity contribution is 5.87. The molecule has 1 N–H and O–H groups in total. The molecule has 0 unspecified atom stereocenters. The number of hydrogen-bond acceptors (Lipinski definition) is 4. The topological polar surface area (TPSA) is 68.3 Å². The SMILES string of the molecule is CCC(=O)Oc1ccnc(NC(C)=O)c1. The van der Waals surface area contributed by atoms with Gasteiger partial charge in [0, 0.05) is 25.6 Å². The Hall–Kier alpha value is -1.91. The molecule has 0 bridgehead atoms. The molecule has 0 fully saturated rings. The maximum absolute atomic E-state index is 11.0. The lowest BCUT2D eigenvalue weighted by Gasteiger charge is -2.04. The Morgan fingerprint density at radius 3 is 2.87 bits per heavy atom. The average molecular weight is 208 g/mol. The molecule has 80 valence electrons. The number of nitrogens with one attached hydrogen (secondary N) is 1. The minimum atomic E-state index is -0.324. The summed E-state index contributed by atoms with van der Waals surface area (Å²) >= 11 is 0. The van der Waals surface area contributed by atoms with Crippen molar-refractivity contribution in [3.8, 4) is 5.75 Å². The summed E-state index contributed by atoms with van der Waals surface area (Å²) in [4.78, 5) is 25.6. The number of rotatable bonds is 3. The number of nitrogens with zero attached hydrogens (tertiary/aromatic N) is 1. The van der Waals surface area contributed by atoms with E-state index < -0.39 is 0 Å². The van der Waals surface area contributed by atoms with Gasteiger partial charge in [-0.15, -0.1) is 0 Å². The number of anilines is 1. The summed E-state index contributed by atoms with van der Waals surface area (Å²) in [5, 5.41) is 2.50. The molecule has 5 heteroatoms. The lowest BCUT2D eigenvalue weighted by Crippen LogP contribution is -2.09. The molecular weight excluding hydrogens is 196 g/mol. The van der Waals surface area contributed by atoms with Gasteiger partial charge in [-0.3, -0.25) is 9.59 Å². The normalized spacial score (nSPS) is 9.47. The molecule has 0 aliphatic rings. The van der Waals surface area contributed by atoms with Gasteiger partial charge in [0.2, 0.25) is 5.91 Å². The van der Waals surface area contributed by atoms with Crippen LogP contribution in [-0.4, -0.2) is 16.9 Å². The standard InChI is InChI=1S/C10H12N2O3/c1-3-10(14)15-8-4-5-11-9(6-8)12-7(2)13/h4-6H,3H2,1-2H3,(H,11,12,13). The third kappa shape index (κ3) is 3.76. The highest BCUT2D eigenvalue weighted by atomic mass is 16.5. The first-order chi connectivity index (χ1) is 7.11. The number of amides is 1.